The first-order chi connectivity index (χ1) is 14.6. The van der Waals surface area contributed by atoms with Gasteiger partial charge in [0.1, 0.15) is 11.6 Å². The van der Waals surface area contributed by atoms with Gasteiger partial charge in [-0.1, -0.05) is 24.3 Å². The SMILES string of the molecule is Cc1cnc2nc1-c1cc(F)cc(c1)OCC/C=C/CN(C)Cc1cccc(c1)N2. The fourth-order valence-electron chi connectivity index (χ4n) is 3.45. The number of halogens is 1. The molecule has 3 aromatic rings. The van der Waals surface area contributed by atoms with Gasteiger partial charge in [0.15, 0.2) is 0 Å². The zero-order valence-electron chi connectivity index (χ0n) is 17.2. The average Bonchev–Trinajstić information content (AvgIpc) is 2.71. The molecule has 30 heavy (non-hydrogen) atoms. The standard InChI is InChI=1S/C24H25FN4O/c1-17-15-26-24-27-21-8-6-7-18(11-21)16-29(2)9-4-3-5-10-30-22-13-19(23(17)28-24)12-20(25)14-22/h3-4,6-8,11-15H,5,9-10,16H2,1-2H3,(H,26,27,28)/b4-3+. The summed E-state index contributed by atoms with van der Waals surface area (Å²) in [7, 11) is 2.09. The molecule has 0 saturated carbocycles. The second kappa shape index (κ2) is 9.05. The van der Waals surface area contributed by atoms with Crippen molar-refractivity contribution in [2.45, 2.75) is 19.9 Å². The number of anilines is 2. The summed E-state index contributed by atoms with van der Waals surface area (Å²) < 4.78 is 20.0. The molecule has 154 valence electrons. The lowest BCUT2D eigenvalue weighted by Gasteiger charge is -2.16. The van der Waals surface area contributed by atoms with Crippen LogP contribution in [0.5, 0.6) is 5.75 Å². The van der Waals surface area contributed by atoms with Crippen molar-refractivity contribution in [1.82, 2.24) is 14.9 Å². The number of fused-ring (bicyclic) bond motifs is 7. The van der Waals surface area contributed by atoms with Crippen molar-refractivity contribution in [3.8, 4) is 17.0 Å². The van der Waals surface area contributed by atoms with E-state index in [0.717, 1.165) is 30.8 Å². The summed E-state index contributed by atoms with van der Waals surface area (Å²) in [5.74, 6) is 0.614. The fraction of sp³-hybridized carbons (Fsp3) is 0.250. The molecule has 0 atom stereocenters. The number of nitrogens with zero attached hydrogens (tertiary/aromatic N) is 3. The predicted octanol–water partition coefficient (Wildman–Crippen LogP) is 5.11. The van der Waals surface area contributed by atoms with Crippen LogP contribution in [0.25, 0.3) is 11.3 Å². The van der Waals surface area contributed by atoms with Crippen LogP contribution in [0.3, 0.4) is 0 Å². The Balaban J connectivity index is 1.73. The molecule has 6 heteroatoms. The van der Waals surface area contributed by atoms with Gasteiger partial charge in [0.25, 0.3) is 0 Å². The molecule has 0 saturated heterocycles. The Morgan fingerprint density at radius 1 is 1.13 bits per heavy atom. The Morgan fingerprint density at radius 3 is 2.93 bits per heavy atom. The van der Waals surface area contributed by atoms with Crippen LogP contribution in [0.2, 0.25) is 0 Å². The molecule has 1 N–H and O–H groups in total. The van der Waals surface area contributed by atoms with Crippen molar-refractivity contribution in [3.63, 3.8) is 0 Å². The van der Waals surface area contributed by atoms with Crippen LogP contribution >= 0.6 is 0 Å². The maximum Gasteiger partial charge on any atom is 0.227 e. The molecular weight excluding hydrogens is 379 g/mol. The Hall–Kier alpha value is -3.25. The molecule has 1 aromatic heterocycles. The van der Waals surface area contributed by atoms with Gasteiger partial charge in [-0.3, -0.25) is 4.90 Å². The van der Waals surface area contributed by atoms with Crippen LogP contribution < -0.4 is 10.1 Å². The first-order valence-corrected chi connectivity index (χ1v) is 10.0. The van der Waals surface area contributed by atoms with Gasteiger partial charge in [-0.05, 0) is 55.8 Å². The van der Waals surface area contributed by atoms with E-state index in [0.29, 0.717) is 29.6 Å². The highest BCUT2D eigenvalue weighted by Gasteiger charge is 2.11. The molecule has 0 amide bonds. The lowest BCUT2D eigenvalue weighted by Crippen LogP contribution is -2.17. The second-order valence-electron chi connectivity index (χ2n) is 7.53. The average molecular weight is 404 g/mol. The highest BCUT2D eigenvalue weighted by molar-refractivity contribution is 5.66. The molecule has 2 heterocycles. The van der Waals surface area contributed by atoms with Crippen molar-refractivity contribution in [1.29, 1.82) is 0 Å². The van der Waals surface area contributed by atoms with E-state index in [1.54, 1.807) is 6.20 Å². The molecule has 0 spiro atoms. The van der Waals surface area contributed by atoms with E-state index < -0.39 is 0 Å². The van der Waals surface area contributed by atoms with E-state index in [4.69, 9.17) is 4.74 Å². The Morgan fingerprint density at radius 2 is 2.03 bits per heavy atom. The first kappa shape index (κ1) is 20.0. The van der Waals surface area contributed by atoms with Gasteiger partial charge < -0.3 is 10.1 Å². The van der Waals surface area contributed by atoms with Gasteiger partial charge in [0.05, 0.1) is 12.3 Å². The molecule has 0 aliphatic carbocycles. The lowest BCUT2D eigenvalue weighted by atomic mass is 10.1. The quantitative estimate of drug-likeness (QED) is 0.528. The Kier molecular flexibility index (Phi) is 6.05. The third kappa shape index (κ3) is 5.02. The molecular formula is C24H25FN4O. The van der Waals surface area contributed by atoms with Gasteiger partial charge in [0.2, 0.25) is 5.95 Å². The number of hydrogen-bond acceptors (Lipinski definition) is 5. The zero-order chi connectivity index (χ0) is 20.9. The second-order valence-corrected chi connectivity index (χ2v) is 7.53. The number of rotatable bonds is 0. The summed E-state index contributed by atoms with van der Waals surface area (Å²) in [5.41, 5.74) is 4.32. The lowest BCUT2D eigenvalue weighted by molar-refractivity contribution is 0.322. The number of aryl methyl sites for hydroxylation is 1. The molecule has 4 rings (SSSR count). The summed E-state index contributed by atoms with van der Waals surface area (Å²) >= 11 is 0. The van der Waals surface area contributed by atoms with Gasteiger partial charge in [-0.2, -0.15) is 0 Å². The predicted molar refractivity (Wildman–Crippen MR) is 117 cm³/mol. The summed E-state index contributed by atoms with van der Waals surface area (Å²) in [6, 6.07) is 12.9. The smallest absolute Gasteiger partial charge is 0.227 e. The van der Waals surface area contributed by atoms with E-state index in [1.807, 2.05) is 25.1 Å². The first-order valence-electron chi connectivity index (χ1n) is 10.0. The van der Waals surface area contributed by atoms with Gasteiger partial charge in [0, 0.05) is 36.6 Å². The van der Waals surface area contributed by atoms with Crippen molar-refractivity contribution in [2.24, 2.45) is 0 Å². The Bertz CT molecular complexity index is 1070. The summed E-state index contributed by atoms with van der Waals surface area (Å²) in [5, 5.41) is 3.27. The minimum absolute atomic E-state index is 0.353. The van der Waals surface area contributed by atoms with Crippen LogP contribution in [0.15, 0.2) is 60.8 Å². The largest absolute Gasteiger partial charge is 0.493 e. The molecule has 0 radical (unpaired) electrons. The third-order valence-corrected chi connectivity index (χ3v) is 4.89. The van der Waals surface area contributed by atoms with Gasteiger partial charge >= 0.3 is 0 Å². The van der Waals surface area contributed by atoms with Crippen molar-refractivity contribution in [2.75, 3.05) is 25.5 Å². The number of likely N-dealkylation sites (N-methyl/N-ethyl adjacent to an activating group) is 1. The van der Waals surface area contributed by atoms with Crippen LogP contribution in [0.1, 0.15) is 17.5 Å². The van der Waals surface area contributed by atoms with Gasteiger partial charge in [-0.15, -0.1) is 0 Å². The summed E-state index contributed by atoms with van der Waals surface area (Å²) in [6.07, 6.45) is 6.74. The molecule has 2 aromatic carbocycles. The van der Waals surface area contributed by atoms with Crippen LogP contribution in [-0.4, -0.2) is 35.1 Å². The minimum Gasteiger partial charge on any atom is -0.493 e. The third-order valence-electron chi connectivity index (χ3n) is 4.89. The van der Waals surface area contributed by atoms with Crippen molar-refractivity contribution < 1.29 is 9.13 Å². The molecule has 5 nitrogen and oxygen atoms in total. The Labute approximate surface area is 176 Å². The maximum absolute atomic E-state index is 14.3. The van der Waals surface area contributed by atoms with E-state index in [2.05, 4.69) is 51.5 Å². The highest BCUT2D eigenvalue weighted by Crippen LogP contribution is 2.28. The number of nitrogens with one attached hydrogen (secondary N) is 1. The van der Waals surface area contributed by atoms with Crippen LogP contribution in [0.4, 0.5) is 16.0 Å². The van der Waals surface area contributed by atoms with Gasteiger partial charge in [-0.25, -0.2) is 14.4 Å². The van der Waals surface area contributed by atoms with E-state index >= 15 is 0 Å². The molecule has 0 unspecified atom stereocenters. The number of hydrogen-bond donors (Lipinski definition) is 1. The van der Waals surface area contributed by atoms with E-state index in [9.17, 15) is 4.39 Å². The van der Waals surface area contributed by atoms with Crippen molar-refractivity contribution in [3.05, 3.63) is 77.8 Å². The molecule has 1 aliphatic rings. The van der Waals surface area contributed by atoms with E-state index in [-0.39, 0.29) is 5.82 Å². The minimum atomic E-state index is -0.353. The van der Waals surface area contributed by atoms with E-state index in [1.165, 1.54) is 17.7 Å². The monoisotopic (exact) mass is 404 g/mol. The maximum atomic E-state index is 14.3. The normalized spacial score (nSPS) is 16.0. The molecule has 6 bridgehead atoms. The van der Waals surface area contributed by atoms with Crippen LogP contribution in [0, 0.1) is 12.7 Å². The molecule has 0 fully saturated rings. The number of benzene rings is 2. The van der Waals surface area contributed by atoms with Crippen molar-refractivity contribution >= 4 is 11.6 Å². The van der Waals surface area contributed by atoms with Crippen LogP contribution in [-0.2, 0) is 6.54 Å². The zero-order valence-corrected chi connectivity index (χ0v) is 17.2. The molecule has 1 aliphatic heterocycles. The summed E-state index contributed by atoms with van der Waals surface area (Å²) in [6.45, 7) is 4.07. The summed E-state index contributed by atoms with van der Waals surface area (Å²) in [4.78, 5) is 11.3. The topological polar surface area (TPSA) is 50.3 Å². The highest BCUT2D eigenvalue weighted by atomic mass is 19.1. The number of aromatic nitrogens is 2. The number of ether oxygens (including phenoxy) is 1. The fourth-order valence-corrected chi connectivity index (χ4v) is 3.45.